The van der Waals surface area contributed by atoms with E-state index in [0.29, 0.717) is 34.5 Å². The molecular weight excluding hydrogens is 364 g/mol. The predicted octanol–water partition coefficient (Wildman–Crippen LogP) is 4.29. The monoisotopic (exact) mass is 382 g/mol. The Morgan fingerprint density at radius 1 is 1.07 bits per heavy atom. The van der Waals surface area contributed by atoms with Crippen LogP contribution in [0.2, 0.25) is 0 Å². The molecule has 1 N–H and O–H groups in total. The van der Waals surface area contributed by atoms with Crippen LogP contribution in [-0.4, -0.2) is 23.5 Å². The quantitative estimate of drug-likeness (QED) is 0.617. The summed E-state index contributed by atoms with van der Waals surface area (Å²) in [6.07, 6.45) is 0.0773. The SMILES string of the molecule is CCOC(=O)Cc1csc(NC(=O)c2ccccc2Oc2ccccc2)n1. The Morgan fingerprint density at radius 3 is 2.59 bits per heavy atom. The lowest BCUT2D eigenvalue weighted by atomic mass is 10.2. The summed E-state index contributed by atoms with van der Waals surface area (Å²) in [6.45, 7) is 2.07. The number of carbonyl (C=O) groups is 2. The summed E-state index contributed by atoms with van der Waals surface area (Å²) in [5, 5.41) is 4.88. The predicted molar refractivity (Wildman–Crippen MR) is 103 cm³/mol. The molecule has 6 nitrogen and oxygen atoms in total. The van der Waals surface area contributed by atoms with Gasteiger partial charge in [0.15, 0.2) is 5.13 Å². The number of thiazole rings is 1. The first-order chi connectivity index (χ1) is 13.2. The number of carbonyl (C=O) groups excluding carboxylic acids is 2. The number of aromatic nitrogens is 1. The van der Waals surface area contributed by atoms with E-state index in [0.717, 1.165) is 0 Å². The van der Waals surface area contributed by atoms with E-state index in [4.69, 9.17) is 9.47 Å². The van der Waals surface area contributed by atoms with Crippen molar-refractivity contribution in [1.29, 1.82) is 0 Å². The Hall–Kier alpha value is -3.19. The molecule has 3 aromatic rings. The zero-order valence-corrected chi connectivity index (χ0v) is 15.5. The second kappa shape index (κ2) is 8.95. The van der Waals surface area contributed by atoms with Gasteiger partial charge in [0.05, 0.1) is 24.3 Å². The molecule has 0 saturated carbocycles. The standard InChI is InChI=1S/C20H18N2O4S/c1-2-25-18(23)12-14-13-27-20(21-14)22-19(24)16-10-6-7-11-17(16)26-15-8-4-3-5-9-15/h3-11,13H,2,12H2,1H3,(H,21,22,24). The van der Waals surface area contributed by atoms with E-state index in [1.54, 1.807) is 36.6 Å². The second-order valence-corrected chi connectivity index (χ2v) is 6.35. The fourth-order valence-electron chi connectivity index (χ4n) is 2.33. The highest BCUT2D eigenvalue weighted by Crippen LogP contribution is 2.26. The summed E-state index contributed by atoms with van der Waals surface area (Å²) in [5.74, 6) is 0.411. The van der Waals surface area contributed by atoms with Gasteiger partial charge in [-0.3, -0.25) is 14.9 Å². The highest BCUT2D eigenvalue weighted by Gasteiger charge is 2.15. The minimum Gasteiger partial charge on any atom is -0.466 e. The van der Waals surface area contributed by atoms with Crippen LogP contribution in [-0.2, 0) is 16.0 Å². The van der Waals surface area contributed by atoms with Gasteiger partial charge in [0.1, 0.15) is 11.5 Å². The van der Waals surface area contributed by atoms with Gasteiger partial charge in [-0.1, -0.05) is 30.3 Å². The molecule has 1 aromatic heterocycles. The number of ether oxygens (including phenoxy) is 2. The molecule has 0 spiro atoms. The van der Waals surface area contributed by atoms with Crippen LogP contribution in [0.5, 0.6) is 11.5 Å². The number of para-hydroxylation sites is 2. The Labute approximate surface area is 160 Å². The van der Waals surface area contributed by atoms with Gasteiger partial charge in [-0.15, -0.1) is 11.3 Å². The summed E-state index contributed by atoms with van der Waals surface area (Å²) >= 11 is 1.25. The van der Waals surface area contributed by atoms with Crippen molar-refractivity contribution in [1.82, 2.24) is 4.98 Å². The number of nitrogens with one attached hydrogen (secondary N) is 1. The van der Waals surface area contributed by atoms with E-state index in [1.165, 1.54) is 11.3 Å². The smallest absolute Gasteiger partial charge is 0.311 e. The molecule has 0 aliphatic rings. The molecule has 0 saturated heterocycles. The molecule has 0 radical (unpaired) electrons. The third kappa shape index (κ3) is 5.15. The number of anilines is 1. The minimum absolute atomic E-state index is 0.0773. The molecule has 7 heteroatoms. The fraction of sp³-hybridized carbons (Fsp3) is 0.150. The van der Waals surface area contributed by atoms with Crippen molar-refractivity contribution in [2.45, 2.75) is 13.3 Å². The van der Waals surface area contributed by atoms with Gasteiger partial charge in [0.25, 0.3) is 5.91 Å². The van der Waals surface area contributed by atoms with Gasteiger partial charge in [0, 0.05) is 5.38 Å². The lowest BCUT2D eigenvalue weighted by Gasteiger charge is -2.10. The van der Waals surface area contributed by atoms with Crippen LogP contribution in [0.4, 0.5) is 5.13 Å². The third-order valence-corrected chi connectivity index (χ3v) is 4.31. The zero-order chi connectivity index (χ0) is 19.1. The average molecular weight is 382 g/mol. The third-order valence-electron chi connectivity index (χ3n) is 3.51. The van der Waals surface area contributed by atoms with Crippen molar-refractivity contribution in [3.05, 3.63) is 71.2 Å². The lowest BCUT2D eigenvalue weighted by molar-refractivity contribution is -0.142. The molecule has 138 valence electrons. The van der Waals surface area contributed by atoms with Crippen LogP contribution >= 0.6 is 11.3 Å². The highest BCUT2D eigenvalue weighted by molar-refractivity contribution is 7.14. The molecule has 0 bridgehead atoms. The van der Waals surface area contributed by atoms with E-state index in [1.807, 2.05) is 30.3 Å². The Bertz CT molecular complexity index is 924. The van der Waals surface area contributed by atoms with E-state index >= 15 is 0 Å². The van der Waals surface area contributed by atoms with E-state index in [-0.39, 0.29) is 18.3 Å². The van der Waals surface area contributed by atoms with Gasteiger partial charge in [-0.05, 0) is 31.2 Å². The number of amides is 1. The molecule has 0 fully saturated rings. The average Bonchev–Trinajstić information content (AvgIpc) is 3.10. The summed E-state index contributed by atoms with van der Waals surface area (Å²) in [4.78, 5) is 28.4. The molecular formula is C20H18N2O4S. The fourth-order valence-corrected chi connectivity index (χ4v) is 3.03. The largest absolute Gasteiger partial charge is 0.466 e. The molecule has 0 unspecified atom stereocenters. The molecule has 1 heterocycles. The van der Waals surface area contributed by atoms with Gasteiger partial charge in [-0.2, -0.15) is 0 Å². The van der Waals surface area contributed by atoms with Gasteiger partial charge >= 0.3 is 5.97 Å². The summed E-state index contributed by atoms with van der Waals surface area (Å²) in [5.41, 5.74) is 0.950. The van der Waals surface area contributed by atoms with Crippen molar-refractivity contribution in [2.24, 2.45) is 0 Å². The lowest BCUT2D eigenvalue weighted by Crippen LogP contribution is -2.13. The van der Waals surface area contributed by atoms with E-state index < -0.39 is 0 Å². The number of hydrogen-bond acceptors (Lipinski definition) is 6. The van der Waals surface area contributed by atoms with Gasteiger partial charge in [-0.25, -0.2) is 4.98 Å². The Morgan fingerprint density at radius 2 is 1.81 bits per heavy atom. The van der Waals surface area contributed by atoms with Crippen LogP contribution < -0.4 is 10.1 Å². The van der Waals surface area contributed by atoms with Crippen molar-refractivity contribution in [2.75, 3.05) is 11.9 Å². The maximum Gasteiger partial charge on any atom is 0.311 e. The normalized spacial score (nSPS) is 10.3. The molecule has 3 rings (SSSR count). The van der Waals surface area contributed by atoms with Crippen molar-refractivity contribution < 1.29 is 19.1 Å². The first-order valence-electron chi connectivity index (χ1n) is 8.39. The topological polar surface area (TPSA) is 77.5 Å². The molecule has 27 heavy (non-hydrogen) atoms. The number of rotatable bonds is 7. The van der Waals surface area contributed by atoms with Crippen LogP contribution in [0.1, 0.15) is 23.0 Å². The maximum atomic E-state index is 12.6. The zero-order valence-electron chi connectivity index (χ0n) is 14.7. The first-order valence-corrected chi connectivity index (χ1v) is 9.27. The number of benzene rings is 2. The summed E-state index contributed by atoms with van der Waals surface area (Å²) < 4.78 is 10.7. The van der Waals surface area contributed by atoms with Crippen LogP contribution in [0, 0.1) is 0 Å². The van der Waals surface area contributed by atoms with Crippen LogP contribution in [0.15, 0.2) is 60.0 Å². The minimum atomic E-state index is -0.345. The number of nitrogens with zero attached hydrogens (tertiary/aromatic N) is 1. The molecule has 0 aliphatic carbocycles. The van der Waals surface area contributed by atoms with Crippen LogP contribution in [0.3, 0.4) is 0 Å². The summed E-state index contributed by atoms with van der Waals surface area (Å²) in [7, 11) is 0. The van der Waals surface area contributed by atoms with Crippen LogP contribution in [0.25, 0.3) is 0 Å². The molecule has 0 atom stereocenters. The molecule has 0 aliphatic heterocycles. The summed E-state index contributed by atoms with van der Waals surface area (Å²) in [6, 6.07) is 16.2. The van der Waals surface area contributed by atoms with Crippen molar-refractivity contribution >= 4 is 28.3 Å². The van der Waals surface area contributed by atoms with Gasteiger partial charge in [0.2, 0.25) is 0 Å². The maximum absolute atomic E-state index is 12.6. The van der Waals surface area contributed by atoms with Crippen molar-refractivity contribution in [3.8, 4) is 11.5 Å². The highest BCUT2D eigenvalue weighted by atomic mass is 32.1. The van der Waals surface area contributed by atoms with E-state index in [9.17, 15) is 9.59 Å². The van der Waals surface area contributed by atoms with E-state index in [2.05, 4.69) is 10.3 Å². The second-order valence-electron chi connectivity index (χ2n) is 5.49. The molecule has 2 aromatic carbocycles. The Kier molecular flexibility index (Phi) is 6.17. The number of hydrogen-bond donors (Lipinski definition) is 1. The first kappa shape index (κ1) is 18.6. The molecule has 1 amide bonds. The Balaban J connectivity index is 1.70. The van der Waals surface area contributed by atoms with Gasteiger partial charge < -0.3 is 9.47 Å². The number of esters is 1. The van der Waals surface area contributed by atoms with Crippen molar-refractivity contribution in [3.63, 3.8) is 0 Å².